The molecule has 7 atom stereocenters. The number of carbonyl (C=O) groups is 1. The van der Waals surface area contributed by atoms with Crippen LogP contribution in [0.15, 0.2) is 24.3 Å². The van der Waals surface area contributed by atoms with E-state index in [-0.39, 0.29) is 23.2 Å². The Morgan fingerprint density at radius 1 is 1.11 bits per heavy atom. The van der Waals surface area contributed by atoms with Gasteiger partial charge in [-0.3, -0.25) is 4.90 Å². The highest BCUT2D eigenvalue weighted by Crippen LogP contribution is 2.68. The van der Waals surface area contributed by atoms with E-state index in [2.05, 4.69) is 41.1 Å². The molecule has 2 unspecified atom stereocenters. The molecule has 0 saturated heterocycles. The van der Waals surface area contributed by atoms with Crippen LogP contribution in [0, 0.1) is 16.7 Å². The average molecular weight is 650 g/mol. The number of methoxy groups -OCH3 is 1. The first kappa shape index (κ1) is 33.2. The van der Waals surface area contributed by atoms with E-state index < -0.39 is 11.7 Å². The lowest BCUT2D eigenvalue weighted by Gasteiger charge is -2.67. The quantitative estimate of drug-likeness (QED) is 0.219. The van der Waals surface area contributed by atoms with Crippen LogP contribution in [0.1, 0.15) is 110 Å². The first-order valence-electron chi connectivity index (χ1n) is 18.4. The minimum Gasteiger partial charge on any atom is -0.493 e. The lowest BCUT2D eigenvalue weighted by Crippen LogP contribution is -2.66. The van der Waals surface area contributed by atoms with Gasteiger partial charge in [0.15, 0.2) is 11.5 Å². The van der Waals surface area contributed by atoms with Gasteiger partial charge in [-0.1, -0.05) is 32.1 Å². The molecule has 4 fully saturated rings. The maximum Gasteiger partial charge on any atom is 0.410 e. The third-order valence-corrected chi connectivity index (χ3v) is 12.4. The maximum absolute atomic E-state index is 13.8. The van der Waals surface area contributed by atoms with Gasteiger partial charge in [0.1, 0.15) is 11.7 Å². The van der Waals surface area contributed by atoms with Crippen molar-refractivity contribution in [2.75, 3.05) is 39.8 Å². The molecule has 0 aromatic heterocycles. The smallest absolute Gasteiger partial charge is 0.410 e. The van der Waals surface area contributed by atoms with E-state index in [1.54, 1.807) is 7.11 Å². The highest BCUT2D eigenvalue weighted by Gasteiger charge is 2.63. The van der Waals surface area contributed by atoms with Crippen molar-refractivity contribution in [1.29, 1.82) is 0 Å². The number of nitrogens with zero attached hydrogens (tertiary/aromatic N) is 2. The number of amides is 1. The molecular formula is C39H59N3O5. The van der Waals surface area contributed by atoms with Crippen molar-refractivity contribution < 1.29 is 24.1 Å². The molecule has 0 radical (unpaired) electrons. The van der Waals surface area contributed by atoms with Crippen LogP contribution < -0.4 is 14.8 Å². The summed E-state index contributed by atoms with van der Waals surface area (Å²) in [6, 6.07) is 4.25. The summed E-state index contributed by atoms with van der Waals surface area (Å²) in [4.78, 5) is 18.5. The van der Waals surface area contributed by atoms with Crippen molar-refractivity contribution in [3.8, 4) is 11.5 Å². The topological polar surface area (TPSA) is 83.5 Å². The molecule has 2 aliphatic heterocycles. The van der Waals surface area contributed by atoms with E-state index in [4.69, 9.17) is 14.2 Å². The van der Waals surface area contributed by atoms with E-state index in [1.807, 2.05) is 32.9 Å². The second-order valence-electron chi connectivity index (χ2n) is 17.9. The van der Waals surface area contributed by atoms with Gasteiger partial charge in [0.05, 0.1) is 18.6 Å². The summed E-state index contributed by atoms with van der Waals surface area (Å²) in [6.45, 7) is 16.4. The largest absolute Gasteiger partial charge is 0.493 e. The van der Waals surface area contributed by atoms with Crippen molar-refractivity contribution in [3.05, 3.63) is 35.4 Å². The van der Waals surface area contributed by atoms with E-state index in [0.717, 1.165) is 95.2 Å². The molecule has 8 nitrogen and oxygen atoms in total. The zero-order valence-electron chi connectivity index (χ0n) is 29.8. The van der Waals surface area contributed by atoms with Crippen molar-refractivity contribution in [3.63, 3.8) is 0 Å². The molecule has 1 amide bonds. The van der Waals surface area contributed by atoms with Gasteiger partial charge in [-0.25, -0.2) is 4.79 Å². The molecule has 8 rings (SSSR count). The molecule has 8 heteroatoms. The van der Waals surface area contributed by atoms with Crippen LogP contribution in [0.25, 0.3) is 0 Å². The summed E-state index contributed by atoms with van der Waals surface area (Å²) in [5.41, 5.74) is 2.51. The first-order valence-corrected chi connectivity index (χ1v) is 18.4. The van der Waals surface area contributed by atoms with Crippen LogP contribution in [0.3, 0.4) is 0 Å². The Hall–Kier alpha value is -2.29. The summed E-state index contributed by atoms with van der Waals surface area (Å²) >= 11 is 0. The van der Waals surface area contributed by atoms with E-state index in [9.17, 15) is 9.90 Å². The van der Waals surface area contributed by atoms with E-state index >= 15 is 0 Å². The van der Waals surface area contributed by atoms with Gasteiger partial charge in [-0.15, -0.1) is 0 Å². The van der Waals surface area contributed by atoms with Gasteiger partial charge in [0.25, 0.3) is 0 Å². The molecule has 260 valence electrons. The summed E-state index contributed by atoms with van der Waals surface area (Å²) in [7, 11) is 1.70. The van der Waals surface area contributed by atoms with Crippen LogP contribution in [0.4, 0.5) is 4.79 Å². The summed E-state index contributed by atoms with van der Waals surface area (Å²) in [6.07, 6.45) is 14.5. The number of rotatable bonds is 10. The van der Waals surface area contributed by atoms with Gasteiger partial charge in [-0.2, -0.15) is 0 Å². The Bertz CT molecular complexity index is 1370. The molecule has 5 aliphatic carbocycles. The predicted molar refractivity (Wildman–Crippen MR) is 184 cm³/mol. The third kappa shape index (κ3) is 6.20. The molecule has 2 N–H and O–H groups in total. The normalized spacial score (nSPS) is 36.8. The van der Waals surface area contributed by atoms with Crippen LogP contribution in [-0.2, 0) is 16.7 Å². The van der Waals surface area contributed by atoms with Crippen LogP contribution in [0.5, 0.6) is 11.5 Å². The van der Waals surface area contributed by atoms with Crippen molar-refractivity contribution in [2.45, 2.75) is 134 Å². The molecular weight excluding hydrogens is 590 g/mol. The van der Waals surface area contributed by atoms with Crippen LogP contribution in [0.2, 0.25) is 0 Å². The standard InChI is InChI=1S/C39H59N3O5/c1-35(2,3)47-34(44)42(38-22-27-20-36(4,25-38)24-37(5,21-27)26-38)17-8-15-40-14-7-16-41-18-13-39-12-11-29(43)19-31(39)46-33-30(45-6)10-9-28(23-41)32(33)39/h9-12,27,29,31,40,43H,7-8,13-26H2,1-6H3/t27?,29-,31-,36-,37+,38?,39-/m0/s1. The SMILES string of the molecule is COc1ccc2c3c1O[C@H]1C[C@@H](O)C=C[C@@]31CCN(CCCNCCCN(C(=O)OC(C)(C)C)C13CC4C[C@@](C)(C1)C[C@](C)(C4)C3)C2. The first-order chi connectivity index (χ1) is 22.2. The Kier molecular flexibility index (Phi) is 8.44. The number of aliphatic hydroxyl groups excluding tert-OH is 1. The number of hydrogen-bond donors (Lipinski definition) is 2. The van der Waals surface area contributed by atoms with Gasteiger partial charge >= 0.3 is 6.09 Å². The third-order valence-electron chi connectivity index (χ3n) is 12.4. The number of aliphatic hydroxyl groups is 1. The Morgan fingerprint density at radius 3 is 2.55 bits per heavy atom. The second kappa shape index (κ2) is 11.9. The minimum absolute atomic E-state index is 0.0569. The number of ether oxygens (including phenoxy) is 3. The molecule has 7 aliphatic rings. The molecule has 4 saturated carbocycles. The lowest BCUT2D eigenvalue weighted by atomic mass is 9.42. The molecule has 1 aromatic carbocycles. The van der Waals surface area contributed by atoms with Crippen molar-refractivity contribution >= 4 is 6.09 Å². The van der Waals surface area contributed by atoms with Crippen LogP contribution >= 0.6 is 0 Å². The molecule has 4 bridgehead atoms. The summed E-state index contributed by atoms with van der Waals surface area (Å²) in [5.74, 6) is 2.39. The highest BCUT2D eigenvalue weighted by atomic mass is 16.6. The van der Waals surface area contributed by atoms with Crippen molar-refractivity contribution in [2.24, 2.45) is 16.7 Å². The molecule has 2 heterocycles. The summed E-state index contributed by atoms with van der Waals surface area (Å²) < 4.78 is 18.2. The number of benzene rings is 1. The average Bonchev–Trinajstić information content (AvgIpc) is 3.19. The van der Waals surface area contributed by atoms with Gasteiger partial charge in [-0.05, 0) is 133 Å². The summed E-state index contributed by atoms with van der Waals surface area (Å²) in [5, 5.41) is 14.1. The Balaban J connectivity index is 0.941. The van der Waals surface area contributed by atoms with Gasteiger partial charge < -0.3 is 29.5 Å². The fourth-order valence-electron chi connectivity index (χ4n) is 11.6. The van der Waals surface area contributed by atoms with Crippen LogP contribution in [-0.4, -0.2) is 84.2 Å². The highest BCUT2D eigenvalue weighted by molar-refractivity contribution is 5.69. The zero-order chi connectivity index (χ0) is 33.2. The number of carbonyl (C=O) groups excluding carboxylic acids is 1. The molecule has 47 heavy (non-hydrogen) atoms. The lowest BCUT2D eigenvalue weighted by molar-refractivity contribution is -0.157. The second-order valence-corrected chi connectivity index (χ2v) is 17.9. The monoisotopic (exact) mass is 649 g/mol. The number of hydrogen-bond acceptors (Lipinski definition) is 7. The van der Waals surface area contributed by atoms with E-state index in [0.29, 0.717) is 17.3 Å². The fourth-order valence-corrected chi connectivity index (χ4v) is 11.6. The minimum atomic E-state index is -0.494. The predicted octanol–water partition coefficient (Wildman–Crippen LogP) is 6.58. The Labute approximate surface area is 282 Å². The van der Waals surface area contributed by atoms with Crippen molar-refractivity contribution in [1.82, 2.24) is 15.1 Å². The zero-order valence-corrected chi connectivity index (χ0v) is 29.8. The number of nitrogens with one attached hydrogen (secondary N) is 1. The Morgan fingerprint density at radius 2 is 1.85 bits per heavy atom. The van der Waals surface area contributed by atoms with Gasteiger partial charge in [0.2, 0.25) is 0 Å². The molecule has 1 aromatic rings. The van der Waals surface area contributed by atoms with E-state index in [1.165, 1.54) is 30.4 Å². The maximum atomic E-state index is 13.8. The van der Waals surface area contributed by atoms with Gasteiger partial charge in [0, 0.05) is 30.6 Å². The fraction of sp³-hybridized carbons (Fsp3) is 0.769. The molecule has 1 spiro atoms.